The minimum absolute atomic E-state index is 0.0972. The Hall–Kier alpha value is -3.67. The molecule has 1 aromatic heterocycles. The molecule has 6 aliphatic heterocycles. The summed E-state index contributed by atoms with van der Waals surface area (Å²) in [4.78, 5) is 32.3. The summed E-state index contributed by atoms with van der Waals surface area (Å²) >= 11 is 0. The second kappa shape index (κ2) is 13.1. The highest BCUT2D eigenvalue weighted by Gasteiger charge is 2.50. The third-order valence-electron chi connectivity index (χ3n) is 12.6. The van der Waals surface area contributed by atoms with Gasteiger partial charge >= 0.3 is 12.1 Å². The van der Waals surface area contributed by atoms with Gasteiger partial charge in [-0.2, -0.15) is 9.97 Å². The molecule has 0 radical (unpaired) electrons. The number of aryl methyl sites for hydroxylation is 1. The molecule has 3 aromatic rings. The minimum atomic E-state index is -0.444. The summed E-state index contributed by atoms with van der Waals surface area (Å²) in [6.45, 7) is 8.67. The molecule has 50 heavy (non-hydrogen) atoms. The van der Waals surface area contributed by atoms with Gasteiger partial charge in [-0.3, -0.25) is 4.90 Å². The van der Waals surface area contributed by atoms with Crippen LogP contribution in [0.25, 0.3) is 10.8 Å². The number of carbonyl (C=O) groups excluding carboxylic acids is 1. The Bertz CT molecular complexity index is 1740. The van der Waals surface area contributed by atoms with Crippen molar-refractivity contribution in [2.75, 3.05) is 62.3 Å². The number of fused-ring (bicyclic) bond motifs is 5. The number of hydrogen-bond donors (Lipinski definition) is 2. The first kappa shape index (κ1) is 32.3. The summed E-state index contributed by atoms with van der Waals surface area (Å²) in [5, 5.41) is 16.3. The van der Waals surface area contributed by atoms with E-state index in [4.69, 9.17) is 19.4 Å². The molecule has 0 spiro atoms. The average molecular weight is 682 g/mol. The van der Waals surface area contributed by atoms with E-state index in [1.54, 1.807) is 4.90 Å². The first-order chi connectivity index (χ1) is 24.5. The summed E-state index contributed by atoms with van der Waals surface area (Å²) in [5.74, 6) is 1.07. The molecule has 6 aliphatic rings. The predicted octanol–water partition coefficient (Wildman–Crippen LogP) is 4.27. The van der Waals surface area contributed by atoms with Crippen molar-refractivity contribution in [1.29, 1.82) is 0 Å². The third kappa shape index (κ3) is 5.84. The number of nitrogens with one attached hydrogen (secondary N) is 1. The monoisotopic (exact) mass is 681 g/mol. The Kier molecular flexibility index (Phi) is 8.48. The molecule has 266 valence electrons. The first-order valence-electron chi connectivity index (χ1n) is 19.1. The third-order valence-corrected chi connectivity index (χ3v) is 12.6. The number of piperazine rings is 1. The molecule has 5 saturated heterocycles. The Labute approximate surface area is 294 Å². The van der Waals surface area contributed by atoms with Crippen LogP contribution < -0.4 is 19.9 Å². The zero-order valence-corrected chi connectivity index (χ0v) is 29.4. The van der Waals surface area contributed by atoms with Gasteiger partial charge in [0.2, 0.25) is 0 Å². The topological polar surface area (TPSA) is 107 Å². The number of rotatable bonds is 8. The molecule has 11 heteroatoms. The highest BCUT2D eigenvalue weighted by molar-refractivity contribution is 5.97. The lowest BCUT2D eigenvalue weighted by Crippen LogP contribution is -2.52. The fourth-order valence-corrected chi connectivity index (χ4v) is 10.0. The Morgan fingerprint density at radius 3 is 2.62 bits per heavy atom. The molecule has 2 unspecified atom stereocenters. The van der Waals surface area contributed by atoms with Crippen LogP contribution in [0, 0.1) is 0 Å². The predicted molar refractivity (Wildman–Crippen MR) is 193 cm³/mol. The number of carbonyl (C=O) groups is 1. The van der Waals surface area contributed by atoms with E-state index < -0.39 is 6.10 Å². The van der Waals surface area contributed by atoms with Crippen LogP contribution in [-0.2, 0) is 24.1 Å². The molecule has 5 atom stereocenters. The van der Waals surface area contributed by atoms with Crippen molar-refractivity contribution in [3.8, 4) is 6.01 Å². The molecule has 7 heterocycles. The van der Waals surface area contributed by atoms with E-state index in [0.717, 1.165) is 82.8 Å². The quantitative estimate of drug-likeness (QED) is 0.358. The number of benzene rings is 2. The van der Waals surface area contributed by atoms with Crippen LogP contribution in [0.2, 0.25) is 0 Å². The van der Waals surface area contributed by atoms with Crippen LogP contribution in [-0.4, -0.2) is 113 Å². The van der Waals surface area contributed by atoms with Crippen molar-refractivity contribution in [2.24, 2.45) is 0 Å². The highest BCUT2D eigenvalue weighted by atomic mass is 16.6. The van der Waals surface area contributed by atoms with Gasteiger partial charge in [-0.05, 0) is 81.3 Å². The molecule has 9 rings (SSSR count). The maximum Gasteiger partial charge on any atom is 0.409 e. The largest absolute Gasteiger partial charge is 0.461 e. The number of likely N-dealkylation sites (tertiary alicyclic amines) is 1. The Morgan fingerprint density at radius 2 is 1.82 bits per heavy atom. The Balaban J connectivity index is 0.965. The number of anilines is 2. The summed E-state index contributed by atoms with van der Waals surface area (Å²) < 4.78 is 12.5. The maximum absolute atomic E-state index is 12.7. The molecule has 0 saturated carbocycles. The van der Waals surface area contributed by atoms with E-state index in [1.165, 1.54) is 40.4 Å². The molecule has 1 amide bonds. The number of nitrogens with zero attached hydrogens (tertiary/aromatic N) is 6. The van der Waals surface area contributed by atoms with E-state index in [2.05, 4.69) is 63.3 Å². The minimum Gasteiger partial charge on any atom is -0.461 e. The van der Waals surface area contributed by atoms with Crippen LogP contribution in [0.1, 0.15) is 68.7 Å². The van der Waals surface area contributed by atoms with Crippen LogP contribution in [0.4, 0.5) is 16.3 Å². The van der Waals surface area contributed by atoms with E-state index in [9.17, 15) is 9.90 Å². The van der Waals surface area contributed by atoms with Crippen molar-refractivity contribution in [3.63, 3.8) is 0 Å². The average Bonchev–Trinajstić information content (AvgIpc) is 3.93. The van der Waals surface area contributed by atoms with Crippen molar-refractivity contribution < 1.29 is 19.4 Å². The number of amides is 1. The first-order valence-corrected chi connectivity index (χ1v) is 19.1. The number of hydrogen-bond acceptors (Lipinski definition) is 10. The van der Waals surface area contributed by atoms with E-state index in [1.807, 2.05) is 0 Å². The molecular formula is C39H51N7O4. The standard InChI is InChI=1S/C39H51N7O4/c1-2-26-6-3-7-27-8-4-9-34(35(26)27)43-19-14-32-33(23-43)41-37(42-36(32)45-20-28-10-11-29(21-45)40-28)50-25-39-15-5-17-46(39)30(12-16-39)24-49-38(48)44-18-13-31(47)22-44/h3-4,6-9,28-31,40,47H,2,5,10-25H2,1H3/t28-,29+,30?,31-,39?/m0/s1. The van der Waals surface area contributed by atoms with Crippen LogP contribution >= 0.6 is 0 Å². The van der Waals surface area contributed by atoms with Crippen LogP contribution in [0.3, 0.4) is 0 Å². The van der Waals surface area contributed by atoms with Crippen molar-refractivity contribution in [3.05, 3.63) is 53.2 Å². The van der Waals surface area contributed by atoms with Gasteiger partial charge in [-0.25, -0.2) is 4.79 Å². The van der Waals surface area contributed by atoms with Crippen LogP contribution in [0.15, 0.2) is 36.4 Å². The number of β-amino-alcohol motifs (C(OH)–C–C–N with tert-alkyl or cyclic N) is 1. The zero-order valence-electron chi connectivity index (χ0n) is 29.4. The SMILES string of the molecule is CCc1cccc2cccc(N3CCc4c(nc(OCC56CCCN5C(COC(=O)N5CC[C@H](O)C5)CC6)nc4N4C[C@H]5CC[C@@H](C4)N5)C3)c12. The zero-order chi connectivity index (χ0) is 33.8. The molecule has 11 nitrogen and oxygen atoms in total. The molecular weight excluding hydrogens is 630 g/mol. The maximum atomic E-state index is 12.7. The number of aliphatic hydroxyl groups excluding tert-OH is 1. The van der Waals surface area contributed by atoms with Gasteiger partial charge in [-0.15, -0.1) is 0 Å². The summed E-state index contributed by atoms with van der Waals surface area (Å²) in [7, 11) is 0. The molecule has 5 fully saturated rings. The fourth-order valence-electron chi connectivity index (χ4n) is 10.0. The van der Waals surface area contributed by atoms with Gasteiger partial charge in [-0.1, -0.05) is 37.3 Å². The van der Waals surface area contributed by atoms with Crippen molar-refractivity contribution in [2.45, 2.75) is 101 Å². The summed E-state index contributed by atoms with van der Waals surface area (Å²) in [5.41, 5.74) is 4.93. The number of aromatic nitrogens is 2. The van der Waals surface area contributed by atoms with Gasteiger partial charge in [0.1, 0.15) is 19.0 Å². The molecule has 2 N–H and O–H groups in total. The lowest BCUT2D eigenvalue weighted by Gasteiger charge is -2.38. The van der Waals surface area contributed by atoms with Gasteiger partial charge in [0.15, 0.2) is 0 Å². The second-order valence-electron chi connectivity index (χ2n) is 15.6. The van der Waals surface area contributed by atoms with Crippen LogP contribution in [0.5, 0.6) is 6.01 Å². The molecule has 0 aliphatic carbocycles. The lowest BCUT2D eigenvalue weighted by atomic mass is 9.95. The summed E-state index contributed by atoms with van der Waals surface area (Å²) in [6, 6.07) is 15.0. The van der Waals surface area contributed by atoms with Gasteiger partial charge < -0.3 is 34.6 Å². The van der Waals surface area contributed by atoms with E-state index in [0.29, 0.717) is 50.8 Å². The Morgan fingerprint density at radius 1 is 0.980 bits per heavy atom. The van der Waals surface area contributed by atoms with Gasteiger partial charge in [0.05, 0.1) is 23.9 Å². The molecule has 2 bridgehead atoms. The fraction of sp³-hybridized carbons (Fsp3) is 0.615. The summed E-state index contributed by atoms with van der Waals surface area (Å²) in [6.07, 6.45) is 8.35. The lowest BCUT2D eigenvalue weighted by molar-refractivity contribution is 0.0448. The van der Waals surface area contributed by atoms with E-state index in [-0.39, 0.29) is 17.7 Å². The van der Waals surface area contributed by atoms with Crippen molar-refractivity contribution in [1.82, 2.24) is 25.1 Å². The normalized spacial score (nSPS) is 29.1. The second-order valence-corrected chi connectivity index (χ2v) is 15.6. The number of ether oxygens (including phenoxy) is 2. The van der Waals surface area contributed by atoms with Gasteiger partial charge in [0.25, 0.3) is 0 Å². The number of aliphatic hydroxyl groups is 1. The highest BCUT2D eigenvalue weighted by Crippen LogP contribution is 2.43. The molecule has 2 aromatic carbocycles. The van der Waals surface area contributed by atoms with Crippen molar-refractivity contribution >= 4 is 28.4 Å². The smallest absolute Gasteiger partial charge is 0.409 e. The van der Waals surface area contributed by atoms with Gasteiger partial charge in [0, 0.05) is 67.5 Å². The van der Waals surface area contributed by atoms with E-state index >= 15 is 0 Å².